The molecule has 0 aliphatic rings. The molecule has 0 radical (unpaired) electrons. The molecule has 0 atom stereocenters. The maximum atomic E-state index is 12.0. The Morgan fingerprint density at radius 1 is 1.27 bits per heavy atom. The van der Waals surface area contributed by atoms with Crippen LogP contribution in [0.25, 0.3) is 0 Å². The summed E-state index contributed by atoms with van der Waals surface area (Å²) < 4.78 is 0. The summed E-state index contributed by atoms with van der Waals surface area (Å²) in [6.45, 7) is 11.9. The molecule has 4 heteroatoms. The van der Waals surface area contributed by atoms with E-state index in [0.717, 1.165) is 13.1 Å². The smallest absolute Gasteiger partial charge is 0.251 e. The summed E-state index contributed by atoms with van der Waals surface area (Å²) in [5, 5.41) is 2.81. The van der Waals surface area contributed by atoms with Crippen molar-refractivity contribution < 1.29 is 4.79 Å². The van der Waals surface area contributed by atoms with E-state index in [4.69, 9.17) is 5.73 Å². The Morgan fingerprint density at radius 2 is 2.00 bits per heavy atom. The van der Waals surface area contributed by atoms with Crippen molar-refractivity contribution in [2.45, 2.75) is 46.7 Å². The summed E-state index contributed by atoms with van der Waals surface area (Å²) in [5.74, 6) is 0.653. The van der Waals surface area contributed by atoms with Crippen LogP contribution in [0.5, 0.6) is 0 Å². The molecule has 0 aromatic heterocycles. The molecule has 1 rings (SSSR count). The molecule has 1 aromatic carbocycles. The minimum Gasteiger partial charge on any atom is -0.351 e. The predicted octanol–water partition coefficient (Wildman–Crippen LogP) is 2.63. The lowest BCUT2D eigenvalue weighted by atomic mass is 10.1. The number of carbonyl (C=O) groups excluding carboxylic acids is 1. The van der Waals surface area contributed by atoms with Crippen molar-refractivity contribution >= 4 is 5.91 Å². The van der Waals surface area contributed by atoms with E-state index in [1.807, 2.05) is 18.2 Å². The number of carbonyl (C=O) groups is 1. The molecule has 0 unspecified atom stereocenters. The molecular weight excluding hydrogens is 274 g/mol. The molecule has 3 N–H and O–H groups in total. The Hall–Kier alpha value is -1.39. The number of hydrogen-bond donors (Lipinski definition) is 2. The number of nitrogens with one attached hydrogen (secondary N) is 1. The van der Waals surface area contributed by atoms with Gasteiger partial charge in [-0.25, -0.2) is 0 Å². The van der Waals surface area contributed by atoms with Gasteiger partial charge in [0.2, 0.25) is 0 Å². The van der Waals surface area contributed by atoms with Gasteiger partial charge in [0.25, 0.3) is 5.91 Å². The largest absolute Gasteiger partial charge is 0.351 e. The molecule has 1 amide bonds. The van der Waals surface area contributed by atoms with Crippen molar-refractivity contribution in [1.29, 1.82) is 0 Å². The molecule has 0 bridgehead atoms. The Morgan fingerprint density at radius 3 is 2.59 bits per heavy atom. The Balaban J connectivity index is 2.72. The third kappa shape index (κ3) is 6.58. The van der Waals surface area contributed by atoms with Crippen LogP contribution >= 0.6 is 0 Å². The fourth-order valence-electron chi connectivity index (χ4n) is 2.28. The van der Waals surface area contributed by atoms with Crippen LogP contribution in [-0.2, 0) is 6.54 Å². The average molecular weight is 305 g/mol. The van der Waals surface area contributed by atoms with Crippen molar-refractivity contribution in [1.82, 2.24) is 10.2 Å². The summed E-state index contributed by atoms with van der Waals surface area (Å²) >= 11 is 0. The van der Waals surface area contributed by atoms with Crippen LogP contribution in [0.3, 0.4) is 0 Å². The lowest BCUT2D eigenvalue weighted by Crippen LogP contribution is -2.32. The van der Waals surface area contributed by atoms with E-state index in [-0.39, 0.29) is 5.91 Å². The molecule has 0 fully saturated rings. The summed E-state index contributed by atoms with van der Waals surface area (Å²) in [6.07, 6.45) is 1.19. The van der Waals surface area contributed by atoms with Crippen molar-refractivity contribution in [3.63, 3.8) is 0 Å². The summed E-state index contributed by atoms with van der Waals surface area (Å²) in [5.41, 5.74) is 7.31. The molecule has 4 nitrogen and oxygen atoms in total. The van der Waals surface area contributed by atoms with E-state index >= 15 is 0 Å². The zero-order valence-corrected chi connectivity index (χ0v) is 14.4. The summed E-state index contributed by atoms with van der Waals surface area (Å²) in [6, 6.07) is 8.37. The molecule has 0 aliphatic heterocycles. The number of nitrogens with zero attached hydrogens (tertiary/aromatic N) is 1. The zero-order valence-electron chi connectivity index (χ0n) is 14.4. The molecule has 0 heterocycles. The Kier molecular flexibility index (Phi) is 8.13. The minimum atomic E-state index is -0.0504. The minimum absolute atomic E-state index is 0.0504. The molecule has 124 valence electrons. The fraction of sp³-hybridized carbons (Fsp3) is 0.611. The van der Waals surface area contributed by atoms with E-state index in [0.29, 0.717) is 30.6 Å². The summed E-state index contributed by atoms with van der Waals surface area (Å²) in [4.78, 5) is 14.5. The van der Waals surface area contributed by atoms with Gasteiger partial charge in [-0.3, -0.25) is 9.69 Å². The average Bonchev–Trinajstić information content (AvgIpc) is 2.48. The molecule has 1 aromatic rings. The number of benzene rings is 1. The van der Waals surface area contributed by atoms with Gasteiger partial charge in [0.15, 0.2) is 0 Å². The van der Waals surface area contributed by atoms with E-state index in [1.54, 1.807) is 0 Å². The van der Waals surface area contributed by atoms with E-state index in [2.05, 4.69) is 44.0 Å². The van der Waals surface area contributed by atoms with Crippen LogP contribution in [0.4, 0.5) is 0 Å². The van der Waals surface area contributed by atoms with Gasteiger partial charge < -0.3 is 11.1 Å². The molecular formula is C18H31N3O. The van der Waals surface area contributed by atoms with E-state index < -0.39 is 0 Å². The van der Waals surface area contributed by atoms with Crippen molar-refractivity contribution in [2.24, 2.45) is 11.7 Å². The number of amides is 1. The van der Waals surface area contributed by atoms with Crippen molar-refractivity contribution in [3.05, 3.63) is 35.4 Å². The molecule has 0 saturated carbocycles. The lowest BCUT2D eigenvalue weighted by Gasteiger charge is -2.27. The quantitative estimate of drug-likeness (QED) is 0.737. The molecule has 0 aliphatic carbocycles. The maximum absolute atomic E-state index is 12.0. The summed E-state index contributed by atoms with van der Waals surface area (Å²) in [7, 11) is 0. The van der Waals surface area contributed by atoms with Crippen molar-refractivity contribution in [3.8, 4) is 0 Å². The standard InChI is InChI=1S/C18H31N3O/c1-14(2)8-11-21(15(3)4)13-16-6-5-7-17(12-16)18(22)20-10-9-19/h5-7,12,14-15H,8-11,13,19H2,1-4H3,(H,20,22). The predicted molar refractivity (Wildman–Crippen MR) is 92.8 cm³/mol. The highest BCUT2D eigenvalue weighted by Gasteiger charge is 2.12. The van der Waals surface area contributed by atoms with Gasteiger partial charge in [-0.05, 0) is 50.4 Å². The molecule has 0 saturated heterocycles. The highest BCUT2D eigenvalue weighted by Crippen LogP contribution is 2.13. The fourth-order valence-corrected chi connectivity index (χ4v) is 2.28. The number of hydrogen-bond acceptors (Lipinski definition) is 3. The Bertz CT molecular complexity index is 457. The van der Waals surface area contributed by atoms with Gasteiger partial charge in [0.05, 0.1) is 0 Å². The normalized spacial score (nSPS) is 11.5. The monoisotopic (exact) mass is 305 g/mol. The van der Waals surface area contributed by atoms with Crippen LogP contribution in [0.1, 0.15) is 50.0 Å². The second-order valence-corrected chi connectivity index (χ2v) is 6.49. The highest BCUT2D eigenvalue weighted by molar-refractivity contribution is 5.94. The maximum Gasteiger partial charge on any atom is 0.251 e. The number of rotatable bonds is 9. The van der Waals surface area contributed by atoms with Crippen LogP contribution in [0.15, 0.2) is 24.3 Å². The molecule has 0 spiro atoms. The first-order valence-corrected chi connectivity index (χ1v) is 8.25. The Labute approximate surface area is 135 Å². The van der Waals surface area contributed by atoms with Gasteiger partial charge in [-0.1, -0.05) is 26.0 Å². The van der Waals surface area contributed by atoms with Gasteiger partial charge in [-0.2, -0.15) is 0 Å². The SMILES string of the molecule is CC(C)CCN(Cc1cccc(C(=O)NCCN)c1)C(C)C. The third-order valence-corrected chi connectivity index (χ3v) is 3.73. The van der Waals surface area contributed by atoms with E-state index in [1.165, 1.54) is 12.0 Å². The van der Waals surface area contributed by atoms with Crippen LogP contribution in [0.2, 0.25) is 0 Å². The van der Waals surface area contributed by atoms with Crippen LogP contribution < -0.4 is 11.1 Å². The first kappa shape index (κ1) is 18.7. The highest BCUT2D eigenvalue weighted by atomic mass is 16.1. The van der Waals surface area contributed by atoms with Gasteiger partial charge >= 0.3 is 0 Å². The first-order chi connectivity index (χ1) is 10.4. The lowest BCUT2D eigenvalue weighted by molar-refractivity contribution is 0.0954. The second kappa shape index (κ2) is 9.59. The first-order valence-electron chi connectivity index (χ1n) is 8.25. The van der Waals surface area contributed by atoms with Crippen LogP contribution in [-0.4, -0.2) is 36.5 Å². The van der Waals surface area contributed by atoms with Gasteiger partial charge in [0, 0.05) is 31.2 Å². The zero-order chi connectivity index (χ0) is 16.5. The topological polar surface area (TPSA) is 58.4 Å². The van der Waals surface area contributed by atoms with Gasteiger partial charge in [0.1, 0.15) is 0 Å². The third-order valence-electron chi connectivity index (χ3n) is 3.73. The number of nitrogens with two attached hydrogens (primary N) is 1. The van der Waals surface area contributed by atoms with Crippen LogP contribution in [0, 0.1) is 5.92 Å². The second-order valence-electron chi connectivity index (χ2n) is 6.49. The van der Waals surface area contributed by atoms with E-state index in [9.17, 15) is 4.79 Å². The molecule has 22 heavy (non-hydrogen) atoms. The van der Waals surface area contributed by atoms with Crippen molar-refractivity contribution in [2.75, 3.05) is 19.6 Å². The van der Waals surface area contributed by atoms with Gasteiger partial charge in [-0.15, -0.1) is 0 Å².